The number of thiophene rings is 1. The van der Waals surface area contributed by atoms with Crippen molar-refractivity contribution < 1.29 is 0 Å². The van der Waals surface area contributed by atoms with E-state index in [-0.39, 0.29) is 0 Å². The number of nitrogens with zero attached hydrogens (tertiary/aromatic N) is 2. The first-order valence-corrected chi connectivity index (χ1v) is 8.19. The average Bonchev–Trinajstić information content (AvgIpc) is 2.91. The van der Waals surface area contributed by atoms with Crippen molar-refractivity contribution in [3.05, 3.63) is 22.1 Å². The maximum Gasteiger partial charge on any atom is 0.125 e. The predicted octanol–water partition coefficient (Wildman–Crippen LogP) is 3.08. The van der Waals surface area contributed by atoms with Crippen LogP contribution in [-0.2, 0) is 25.6 Å². The van der Waals surface area contributed by atoms with Crippen LogP contribution in [0.1, 0.15) is 22.9 Å². The van der Waals surface area contributed by atoms with Crippen LogP contribution in [0, 0.1) is 0 Å². The van der Waals surface area contributed by atoms with E-state index in [4.69, 9.17) is 5.73 Å². The van der Waals surface area contributed by atoms with Gasteiger partial charge in [0.2, 0.25) is 0 Å². The van der Waals surface area contributed by atoms with Crippen molar-refractivity contribution in [2.75, 3.05) is 11.5 Å². The molecule has 2 N–H and O–H groups in total. The predicted molar refractivity (Wildman–Crippen MR) is 80.2 cm³/mol. The summed E-state index contributed by atoms with van der Waals surface area (Å²) in [5.74, 6) is 3.20. The van der Waals surface area contributed by atoms with Crippen LogP contribution in [0.25, 0.3) is 10.6 Å². The Morgan fingerprint density at radius 3 is 3.06 bits per heavy atom. The third kappa shape index (κ3) is 1.86. The van der Waals surface area contributed by atoms with Gasteiger partial charge in [0.15, 0.2) is 0 Å². The fourth-order valence-corrected chi connectivity index (χ4v) is 4.78. The molecule has 0 fully saturated rings. The number of nitrogen functional groups attached to an aromatic ring is 1. The first-order valence-electron chi connectivity index (χ1n) is 6.21. The number of nitrogens with two attached hydrogens (primary N) is 1. The molecule has 0 aromatic carbocycles. The summed E-state index contributed by atoms with van der Waals surface area (Å²) in [6.45, 7) is 2.14. The van der Waals surface area contributed by atoms with Gasteiger partial charge in [-0.1, -0.05) is 6.92 Å². The van der Waals surface area contributed by atoms with Crippen LogP contribution in [0.4, 0.5) is 5.82 Å². The zero-order valence-corrected chi connectivity index (χ0v) is 12.3. The molecule has 96 valence electrons. The summed E-state index contributed by atoms with van der Waals surface area (Å²) in [7, 11) is 1.92. The topological polar surface area (TPSA) is 43.8 Å². The average molecular weight is 279 g/mol. The summed E-state index contributed by atoms with van der Waals surface area (Å²) in [6, 6.07) is 2.31. The number of hydrogen-bond donors (Lipinski definition) is 1. The fourth-order valence-electron chi connectivity index (χ4n) is 2.39. The molecule has 1 aliphatic rings. The van der Waals surface area contributed by atoms with Gasteiger partial charge < -0.3 is 5.73 Å². The van der Waals surface area contributed by atoms with E-state index < -0.39 is 0 Å². The molecule has 0 unspecified atom stereocenters. The molecule has 2 aromatic rings. The Hall–Kier alpha value is -0.940. The normalized spacial score (nSPS) is 14.8. The highest BCUT2D eigenvalue weighted by molar-refractivity contribution is 7.98. The Morgan fingerprint density at radius 1 is 1.50 bits per heavy atom. The van der Waals surface area contributed by atoms with Gasteiger partial charge in [-0.3, -0.25) is 4.68 Å². The van der Waals surface area contributed by atoms with Crippen LogP contribution in [-0.4, -0.2) is 15.5 Å². The Morgan fingerprint density at radius 2 is 2.33 bits per heavy atom. The second-order valence-electron chi connectivity index (χ2n) is 4.55. The smallest absolute Gasteiger partial charge is 0.125 e. The zero-order chi connectivity index (χ0) is 12.7. The van der Waals surface area contributed by atoms with Gasteiger partial charge in [-0.15, -0.1) is 11.3 Å². The first kappa shape index (κ1) is 12.1. The number of aromatic nitrogens is 2. The lowest BCUT2D eigenvalue weighted by Gasteiger charge is -2.08. The number of aryl methyl sites for hydroxylation is 2. The number of fused-ring (bicyclic) bond motifs is 1. The second kappa shape index (κ2) is 4.63. The molecule has 0 atom stereocenters. The fraction of sp³-hybridized carbons (Fsp3) is 0.462. The van der Waals surface area contributed by atoms with Crippen molar-refractivity contribution in [2.45, 2.75) is 25.5 Å². The molecule has 0 amide bonds. The Balaban J connectivity index is 2.09. The third-order valence-electron chi connectivity index (χ3n) is 3.41. The van der Waals surface area contributed by atoms with Crippen LogP contribution in [0.5, 0.6) is 0 Å². The van der Waals surface area contributed by atoms with Gasteiger partial charge in [0.1, 0.15) is 11.5 Å². The Labute approximate surface area is 115 Å². The largest absolute Gasteiger partial charge is 0.384 e. The maximum atomic E-state index is 6.07. The maximum absolute atomic E-state index is 6.07. The number of hydrogen-bond acceptors (Lipinski definition) is 4. The van der Waals surface area contributed by atoms with Gasteiger partial charge in [0.25, 0.3) is 0 Å². The molecule has 18 heavy (non-hydrogen) atoms. The van der Waals surface area contributed by atoms with Crippen molar-refractivity contribution >= 4 is 28.9 Å². The second-order valence-corrected chi connectivity index (χ2v) is 6.79. The van der Waals surface area contributed by atoms with Gasteiger partial charge in [-0.2, -0.15) is 16.9 Å². The minimum atomic E-state index is 0.799. The van der Waals surface area contributed by atoms with E-state index in [0.717, 1.165) is 23.7 Å². The molecule has 3 rings (SSSR count). The lowest BCUT2D eigenvalue weighted by molar-refractivity contribution is 0.782. The molecular formula is C13H17N3S2. The van der Waals surface area contributed by atoms with Gasteiger partial charge in [-0.05, 0) is 30.2 Å². The van der Waals surface area contributed by atoms with Gasteiger partial charge in [-0.25, -0.2) is 0 Å². The Kier molecular flexibility index (Phi) is 3.11. The molecule has 5 heteroatoms. The first-order chi connectivity index (χ1) is 8.70. The SMILES string of the molecule is CCc1c(-c2cc3c(s2)CCSC3)nn(C)c1N. The van der Waals surface area contributed by atoms with Crippen LogP contribution in [0.3, 0.4) is 0 Å². The third-order valence-corrected chi connectivity index (χ3v) is 5.66. The highest BCUT2D eigenvalue weighted by atomic mass is 32.2. The van der Waals surface area contributed by atoms with E-state index in [2.05, 4.69) is 18.1 Å². The van der Waals surface area contributed by atoms with Gasteiger partial charge in [0, 0.05) is 23.2 Å². The highest BCUT2D eigenvalue weighted by Crippen LogP contribution is 2.38. The summed E-state index contributed by atoms with van der Waals surface area (Å²) >= 11 is 3.92. The molecule has 0 saturated heterocycles. The van der Waals surface area contributed by atoms with E-state index >= 15 is 0 Å². The summed E-state index contributed by atoms with van der Waals surface area (Å²) in [6.07, 6.45) is 2.14. The lowest BCUT2D eigenvalue weighted by Crippen LogP contribution is -1.98. The summed E-state index contributed by atoms with van der Waals surface area (Å²) in [5.41, 5.74) is 9.84. The summed E-state index contributed by atoms with van der Waals surface area (Å²) < 4.78 is 1.79. The molecule has 2 aromatic heterocycles. The molecule has 0 radical (unpaired) electrons. The van der Waals surface area contributed by atoms with E-state index in [1.54, 1.807) is 4.68 Å². The molecule has 3 heterocycles. The number of rotatable bonds is 2. The van der Waals surface area contributed by atoms with Crippen molar-refractivity contribution in [3.8, 4) is 10.6 Å². The number of anilines is 1. The van der Waals surface area contributed by atoms with Crippen molar-refractivity contribution in [3.63, 3.8) is 0 Å². The number of thioether (sulfide) groups is 1. The van der Waals surface area contributed by atoms with E-state index in [0.29, 0.717) is 0 Å². The van der Waals surface area contributed by atoms with Gasteiger partial charge in [0.05, 0.1) is 4.88 Å². The monoisotopic (exact) mass is 279 g/mol. The van der Waals surface area contributed by atoms with Crippen molar-refractivity contribution in [1.82, 2.24) is 9.78 Å². The highest BCUT2D eigenvalue weighted by Gasteiger charge is 2.19. The molecule has 0 spiro atoms. The molecule has 0 bridgehead atoms. The van der Waals surface area contributed by atoms with Crippen molar-refractivity contribution in [2.24, 2.45) is 7.05 Å². The van der Waals surface area contributed by atoms with Crippen LogP contribution >= 0.6 is 23.1 Å². The van der Waals surface area contributed by atoms with E-state index in [1.165, 1.54) is 33.1 Å². The summed E-state index contributed by atoms with van der Waals surface area (Å²) in [4.78, 5) is 2.82. The quantitative estimate of drug-likeness (QED) is 0.918. The van der Waals surface area contributed by atoms with Crippen LogP contribution in [0.2, 0.25) is 0 Å². The minimum Gasteiger partial charge on any atom is -0.384 e. The molecule has 0 saturated carbocycles. The molecule has 1 aliphatic heterocycles. The zero-order valence-electron chi connectivity index (χ0n) is 10.7. The molecule has 0 aliphatic carbocycles. The standard InChI is InChI=1S/C13H17N3S2/c1-3-9-12(15-16(2)13(9)14)11-6-8-7-17-5-4-10(8)18-11/h6H,3-5,7,14H2,1-2H3. The lowest BCUT2D eigenvalue weighted by atomic mass is 10.1. The minimum absolute atomic E-state index is 0.799. The molecule has 3 nitrogen and oxygen atoms in total. The molecular weight excluding hydrogens is 262 g/mol. The van der Waals surface area contributed by atoms with Gasteiger partial charge >= 0.3 is 0 Å². The van der Waals surface area contributed by atoms with Crippen molar-refractivity contribution in [1.29, 1.82) is 0 Å². The van der Waals surface area contributed by atoms with E-state index in [9.17, 15) is 0 Å². The Bertz CT molecular complexity index is 560. The van der Waals surface area contributed by atoms with E-state index in [1.807, 2.05) is 30.1 Å². The van der Waals surface area contributed by atoms with Crippen LogP contribution < -0.4 is 5.73 Å². The summed E-state index contributed by atoms with van der Waals surface area (Å²) in [5, 5.41) is 4.59. The van der Waals surface area contributed by atoms with Crippen LogP contribution in [0.15, 0.2) is 6.07 Å².